The van der Waals surface area contributed by atoms with Crippen LogP contribution in [0.3, 0.4) is 0 Å². The molecule has 2 N–H and O–H groups in total. The minimum Gasteiger partial charge on any atom is -0.508 e. The van der Waals surface area contributed by atoms with Crippen LogP contribution in [0.15, 0.2) is 158 Å². The van der Waals surface area contributed by atoms with E-state index in [0.29, 0.717) is 5.75 Å². The third-order valence-corrected chi connectivity index (χ3v) is 13.1. The Bertz CT molecular complexity index is 3210. The van der Waals surface area contributed by atoms with E-state index in [2.05, 4.69) is 218 Å². The summed E-state index contributed by atoms with van der Waals surface area (Å²) < 4.78 is 6.48. The molecule has 0 unspecified atom stereocenters. The molecule has 0 saturated heterocycles. The number of benzene rings is 4. The van der Waals surface area contributed by atoms with Crippen LogP contribution in [0.2, 0.25) is 0 Å². The molecule has 0 bridgehead atoms. The van der Waals surface area contributed by atoms with Gasteiger partial charge in [0.25, 0.3) is 0 Å². The zero-order valence-corrected chi connectivity index (χ0v) is 48.1. The van der Waals surface area contributed by atoms with Crippen molar-refractivity contribution in [1.82, 2.24) is 19.9 Å². The quantitative estimate of drug-likeness (QED) is 0.171. The second-order valence-corrected chi connectivity index (χ2v) is 25.9. The van der Waals surface area contributed by atoms with Gasteiger partial charge >= 0.3 is 0 Å². The number of nitrogens with zero attached hydrogens (tertiary/aromatic N) is 4. The topological polar surface area (TPSA) is 101 Å². The molecule has 4 aromatic heterocycles. The summed E-state index contributed by atoms with van der Waals surface area (Å²) in [6.45, 7) is 39.4. The molecule has 7 nitrogen and oxygen atoms in total. The molecule has 0 saturated carbocycles. The van der Waals surface area contributed by atoms with Gasteiger partial charge in [0.2, 0.25) is 0 Å². The maximum atomic E-state index is 10.0. The van der Waals surface area contributed by atoms with Gasteiger partial charge in [-0.2, -0.15) is 0 Å². The summed E-state index contributed by atoms with van der Waals surface area (Å²) in [5, 5.41) is 19.8. The van der Waals surface area contributed by atoms with Gasteiger partial charge in [0, 0.05) is 47.0 Å². The summed E-state index contributed by atoms with van der Waals surface area (Å²) in [5.41, 5.74) is 15.1. The fourth-order valence-corrected chi connectivity index (χ4v) is 8.18. The minimum atomic E-state index is -0.0328. The first-order valence-electron chi connectivity index (χ1n) is 26.2. The van der Waals surface area contributed by atoms with Gasteiger partial charge in [-0.1, -0.05) is 143 Å². The van der Waals surface area contributed by atoms with Crippen molar-refractivity contribution in [3.8, 4) is 68.0 Å². The van der Waals surface area contributed by atoms with Gasteiger partial charge in [0.05, 0.1) is 22.8 Å². The maximum absolute atomic E-state index is 10.0. The lowest BCUT2D eigenvalue weighted by molar-refractivity contribution is 0.471. The van der Waals surface area contributed by atoms with Crippen molar-refractivity contribution >= 4 is 0 Å². The van der Waals surface area contributed by atoms with Crippen molar-refractivity contribution in [2.45, 2.75) is 157 Å². The molecule has 0 fully saturated rings. The third-order valence-electron chi connectivity index (χ3n) is 13.1. The minimum absolute atomic E-state index is 0.00483. The number of hydrogen-bond acceptors (Lipinski definition) is 7. The second-order valence-electron chi connectivity index (χ2n) is 25.9. The Balaban J connectivity index is 0.000000202. The smallest absolute Gasteiger partial charge is 0.128 e. The molecule has 7 heteroatoms. The van der Waals surface area contributed by atoms with Crippen LogP contribution in [-0.2, 0) is 32.5 Å². The van der Waals surface area contributed by atoms with Gasteiger partial charge in [-0.15, -0.1) is 0 Å². The molecule has 4 heterocycles. The number of hydrogen-bond donors (Lipinski definition) is 2. The number of aromatic nitrogens is 4. The number of aromatic hydroxyl groups is 2. The molecule has 0 aliphatic rings. The van der Waals surface area contributed by atoms with Crippen molar-refractivity contribution in [3.63, 3.8) is 0 Å². The third kappa shape index (κ3) is 15.9. The first-order valence-corrected chi connectivity index (χ1v) is 26.2. The Morgan fingerprint density at radius 1 is 0.280 bits per heavy atom. The van der Waals surface area contributed by atoms with Crippen LogP contribution < -0.4 is 4.74 Å². The predicted octanol–water partition coefficient (Wildman–Crippen LogP) is 18.3. The van der Waals surface area contributed by atoms with Crippen LogP contribution in [-0.4, -0.2) is 30.1 Å². The first kappa shape index (κ1) is 57.2. The fraction of sp³-hybridized carbons (Fsp3) is 0.353. The van der Waals surface area contributed by atoms with Gasteiger partial charge < -0.3 is 14.9 Å². The fourth-order valence-electron chi connectivity index (χ4n) is 8.18. The van der Waals surface area contributed by atoms with Crippen LogP contribution in [0.25, 0.3) is 45.0 Å². The van der Waals surface area contributed by atoms with Crippen molar-refractivity contribution in [3.05, 3.63) is 192 Å². The number of rotatable bonds is 6. The van der Waals surface area contributed by atoms with Crippen LogP contribution in [0.4, 0.5) is 0 Å². The van der Waals surface area contributed by atoms with Crippen molar-refractivity contribution in [2.24, 2.45) is 0 Å². The summed E-state index contributed by atoms with van der Waals surface area (Å²) in [4.78, 5) is 18.1. The number of ether oxygens (including phenoxy) is 1. The molecule has 0 amide bonds. The number of pyridine rings is 4. The van der Waals surface area contributed by atoms with Crippen molar-refractivity contribution < 1.29 is 14.9 Å². The largest absolute Gasteiger partial charge is 0.508 e. The first-order chi connectivity index (χ1) is 34.7. The van der Waals surface area contributed by atoms with Gasteiger partial charge in [-0.05, 0) is 181 Å². The molecule has 0 radical (unpaired) electrons. The molecule has 0 spiro atoms. The van der Waals surface area contributed by atoms with E-state index in [1.807, 2.05) is 61.1 Å². The summed E-state index contributed by atoms with van der Waals surface area (Å²) in [7, 11) is 0. The predicted molar refractivity (Wildman–Crippen MR) is 314 cm³/mol. The zero-order chi connectivity index (χ0) is 55.3. The van der Waals surface area contributed by atoms with Crippen LogP contribution >= 0.6 is 0 Å². The molecule has 0 aliphatic heterocycles. The standard InChI is InChI=1S/C34H40N2O.C19H25NO.C15H17NO/c1-32(2,3)25-13-15-35-30(21-25)23-11-10-12-28(18-23)37-29-19-24(17-27(20-29)34(7,8)9)31-22-26(14-16-36-31)33(4,5)6;1-18(2,3)14-7-8-20-17(12-14)13-9-15(19(4,5)6)11-16(21)10-13;1-15(2,3)12-8-11(9-13(17)10-12)14-6-4-5-7-16-14/h10-22H,1-9H3;7-12,21H,1-6H3;4-10,17H,1-3H3. The molecule has 8 rings (SSSR count). The molecular weight excluding hydrogens is 921 g/mol. The van der Waals surface area contributed by atoms with E-state index < -0.39 is 0 Å². The lowest BCUT2D eigenvalue weighted by Gasteiger charge is -2.22. The van der Waals surface area contributed by atoms with E-state index in [1.165, 1.54) is 22.3 Å². The Morgan fingerprint density at radius 3 is 1.04 bits per heavy atom. The van der Waals surface area contributed by atoms with E-state index in [4.69, 9.17) is 9.72 Å². The molecular formula is C68H82N4O3. The maximum Gasteiger partial charge on any atom is 0.128 e. The Kier molecular flexibility index (Phi) is 17.1. The highest BCUT2D eigenvalue weighted by atomic mass is 16.5. The lowest BCUT2D eigenvalue weighted by atomic mass is 9.84. The van der Waals surface area contributed by atoms with E-state index in [1.54, 1.807) is 18.3 Å². The van der Waals surface area contributed by atoms with E-state index >= 15 is 0 Å². The number of phenolic OH excluding ortho intramolecular Hbond substituents is 2. The Hall–Kier alpha value is -7.12. The monoisotopic (exact) mass is 1000 g/mol. The van der Waals surface area contributed by atoms with Crippen LogP contribution in [0.1, 0.15) is 158 Å². The van der Waals surface area contributed by atoms with Gasteiger partial charge in [-0.25, -0.2) is 0 Å². The van der Waals surface area contributed by atoms with E-state index in [9.17, 15) is 10.2 Å². The highest BCUT2D eigenvalue weighted by Crippen LogP contribution is 2.38. The van der Waals surface area contributed by atoms with E-state index in [-0.39, 0.29) is 38.2 Å². The highest BCUT2D eigenvalue weighted by molar-refractivity contribution is 5.67. The number of phenols is 2. The molecule has 8 aromatic rings. The average Bonchev–Trinajstić information content (AvgIpc) is 3.33. The molecule has 0 atom stereocenters. The normalized spacial score (nSPS) is 12.2. The summed E-state index contributed by atoms with van der Waals surface area (Å²) in [6, 6.07) is 44.5. The molecule has 4 aromatic carbocycles. The Labute approximate surface area is 449 Å². The average molecular weight is 1000 g/mol. The van der Waals surface area contributed by atoms with Crippen LogP contribution in [0, 0.1) is 0 Å². The van der Waals surface area contributed by atoms with E-state index in [0.717, 1.165) is 67.7 Å². The molecule has 392 valence electrons. The van der Waals surface area contributed by atoms with Crippen molar-refractivity contribution in [2.75, 3.05) is 0 Å². The summed E-state index contributed by atoms with van der Waals surface area (Å²) in [6.07, 6.45) is 7.40. The second kappa shape index (κ2) is 22.4. The van der Waals surface area contributed by atoms with Crippen molar-refractivity contribution in [1.29, 1.82) is 0 Å². The lowest BCUT2D eigenvalue weighted by Crippen LogP contribution is -2.12. The zero-order valence-electron chi connectivity index (χ0n) is 48.1. The molecule has 75 heavy (non-hydrogen) atoms. The Morgan fingerprint density at radius 2 is 0.640 bits per heavy atom. The summed E-state index contributed by atoms with van der Waals surface area (Å²) >= 11 is 0. The highest BCUT2D eigenvalue weighted by Gasteiger charge is 2.22. The summed E-state index contributed by atoms with van der Waals surface area (Å²) in [5.74, 6) is 2.17. The van der Waals surface area contributed by atoms with Gasteiger partial charge in [0.15, 0.2) is 0 Å². The van der Waals surface area contributed by atoms with Crippen LogP contribution in [0.5, 0.6) is 23.0 Å². The SMILES string of the molecule is CC(C)(C)c1cc(O)cc(-c2cc(C(C)(C)C)ccn2)c1.CC(C)(C)c1cc(O)cc(-c2ccccn2)c1.CC(C)(C)c1cc(Oc2cccc(-c3cc(C(C)(C)C)ccn3)c2)cc(-c2cc(C(C)(C)C)ccn2)c1. The van der Waals surface area contributed by atoms with Gasteiger partial charge in [-0.3, -0.25) is 19.9 Å². The van der Waals surface area contributed by atoms with Gasteiger partial charge in [0.1, 0.15) is 23.0 Å². The molecule has 0 aliphatic carbocycles.